The third-order valence-corrected chi connectivity index (χ3v) is 3.94. The Hall–Kier alpha value is -1.36. The van der Waals surface area contributed by atoms with E-state index in [-0.39, 0.29) is 0 Å². The Bertz CT molecular complexity index is 437. The molecule has 1 aromatic rings. The Labute approximate surface area is 117 Å². The number of rotatable bonds is 7. The molecule has 0 bridgehead atoms. The molecule has 5 heteroatoms. The minimum absolute atomic E-state index is 0.333. The molecule has 0 aliphatic carbocycles. The molecule has 0 fully saturated rings. The number of unbranched alkanes of at least 4 members (excludes halogenated alkanes) is 3. The van der Waals surface area contributed by atoms with E-state index in [1.54, 1.807) is 0 Å². The molecule has 4 nitrogen and oxygen atoms in total. The van der Waals surface area contributed by atoms with Crippen molar-refractivity contribution in [3.8, 4) is 0 Å². The van der Waals surface area contributed by atoms with Crippen molar-refractivity contribution in [2.75, 3.05) is 14.2 Å². The normalized spacial score (nSPS) is 10.3. The van der Waals surface area contributed by atoms with Crippen molar-refractivity contribution in [3.05, 3.63) is 21.4 Å². The van der Waals surface area contributed by atoms with Gasteiger partial charge in [0.1, 0.15) is 4.88 Å². The Morgan fingerprint density at radius 1 is 1.11 bits per heavy atom. The molecule has 0 aliphatic heterocycles. The third-order valence-electron chi connectivity index (χ3n) is 2.93. The summed E-state index contributed by atoms with van der Waals surface area (Å²) in [7, 11) is 2.63. The van der Waals surface area contributed by atoms with Crippen LogP contribution in [-0.2, 0) is 15.9 Å². The molecule has 1 rings (SSSR count). The second kappa shape index (κ2) is 7.94. The molecule has 19 heavy (non-hydrogen) atoms. The minimum atomic E-state index is -0.481. The number of methoxy groups -OCH3 is 2. The molecule has 1 heterocycles. The van der Waals surface area contributed by atoms with Crippen molar-refractivity contribution < 1.29 is 19.1 Å². The standard InChI is InChI=1S/C14H20O4S/c1-4-5-6-7-8-10-9-19-12(14(16)18-3)11(10)13(15)17-2/h9H,4-8H2,1-3H3. The van der Waals surface area contributed by atoms with Crippen molar-refractivity contribution in [3.63, 3.8) is 0 Å². The number of thiophene rings is 1. The summed E-state index contributed by atoms with van der Waals surface area (Å²) in [5.41, 5.74) is 1.25. The van der Waals surface area contributed by atoms with E-state index >= 15 is 0 Å². The van der Waals surface area contributed by atoms with Crippen LogP contribution in [0, 0.1) is 0 Å². The quantitative estimate of drug-likeness (QED) is 0.568. The van der Waals surface area contributed by atoms with Crippen LogP contribution in [-0.4, -0.2) is 26.2 Å². The summed E-state index contributed by atoms with van der Waals surface area (Å²) in [6.45, 7) is 2.15. The maximum atomic E-state index is 11.8. The Morgan fingerprint density at radius 2 is 1.79 bits per heavy atom. The minimum Gasteiger partial charge on any atom is -0.465 e. The Morgan fingerprint density at radius 3 is 2.37 bits per heavy atom. The van der Waals surface area contributed by atoms with E-state index < -0.39 is 11.9 Å². The lowest BCUT2D eigenvalue weighted by Gasteiger charge is -2.05. The van der Waals surface area contributed by atoms with E-state index in [1.807, 2.05) is 5.38 Å². The number of ether oxygens (including phenoxy) is 2. The highest BCUT2D eigenvalue weighted by atomic mass is 32.1. The molecule has 0 N–H and O–H groups in total. The van der Waals surface area contributed by atoms with Crippen LogP contribution in [0.2, 0.25) is 0 Å². The first-order chi connectivity index (χ1) is 9.15. The maximum Gasteiger partial charge on any atom is 0.348 e. The molecule has 0 unspecified atom stereocenters. The van der Waals surface area contributed by atoms with Crippen LogP contribution in [0.5, 0.6) is 0 Å². The molecule has 0 saturated heterocycles. The molecule has 0 radical (unpaired) electrons. The van der Waals surface area contributed by atoms with Crippen molar-refractivity contribution >= 4 is 23.3 Å². The predicted molar refractivity (Wildman–Crippen MR) is 74.8 cm³/mol. The number of hydrogen-bond donors (Lipinski definition) is 0. The molecule has 0 spiro atoms. The molecule has 0 saturated carbocycles. The van der Waals surface area contributed by atoms with Crippen molar-refractivity contribution in [2.24, 2.45) is 0 Å². The third kappa shape index (κ3) is 4.06. The van der Waals surface area contributed by atoms with E-state index in [0.717, 1.165) is 24.8 Å². The van der Waals surface area contributed by atoms with Crippen LogP contribution in [0.25, 0.3) is 0 Å². The van der Waals surface area contributed by atoms with Gasteiger partial charge in [0.25, 0.3) is 0 Å². The molecular weight excluding hydrogens is 264 g/mol. The van der Waals surface area contributed by atoms with Crippen LogP contribution >= 0.6 is 11.3 Å². The monoisotopic (exact) mass is 284 g/mol. The summed E-state index contributed by atoms with van der Waals surface area (Å²) < 4.78 is 9.45. The second-order valence-electron chi connectivity index (χ2n) is 4.26. The number of carbonyl (C=O) groups excluding carboxylic acids is 2. The lowest BCUT2D eigenvalue weighted by Crippen LogP contribution is -2.10. The van der Waals surface area contributed by atoms with Crippen molar-refractivity contribution in [1.82, 2.24) is 0 Å². The van der Waals surface area contributed by atoms with Crippen LogP contribution in [0.1, 0.15) is 58.2 Å². The zero-order valence-electron chi connectivity index (χ0n) is 11.7. The zero-order valence-corrected chi connectivity index (χ0v) is 12.5. The largest absolute Gasteiger partial charge is 0.465 e. The maximum absolute atomic E-state index is 11.8. The van der Waals surface area contributed by atoms with Crippen molar-refractivity contribution in [2.45, 2.75) is 39.0 Å². The van der Waals surface area contributed by atoms with Gasteiger partial charge < -0.3 is 9.47 Å². The van der Waals surface area contributed by atoms with Crippen LogP contribution in [0.4, 0.5) is 0 Å². The SMILES string of the molecule is CCCCCCc1csc(C(=O)OC)c1C(=O)OC. The van der Waals surface area contributed by atoms with E-state index in [9.17, 15) is 9.59 Å². The van der Waals surface area contributed by atoms with Crippen LogP contribution < -0.4 is 0 Å². The van der Waals surface area contributed by atoms with Gasteiger partial charge in [-0.3, -0.25) is 0 Å². The predicted octanol–water partition coefficient (Wildman–Crippen LogP) is 3.44. The molecule has 0 amide bonds. The van der Waals surface area contributed by atoms with E-state index in [2.05, 4.69) is 6.92 Å². The van der Waals surface area contributed by atoms with Gasteiger partial charge in [0.15, 0.2) is 0 Å². The van der Waals surface area contributed by atoms with E-state index in [0.29, 0.717) is 10.4 Å². The van der Waals surface area contributed by atoms with Gasteiger partial charge >= 0.3 is 11.9 Å². The summed E-state index contributed by atoms with van der Waals surface area (Å²) in [5.74, 6) is -0.947. The van der Waals surface area contributed by atoms with E-state index in [4.69, 9.17) is 9.47 Å². The number of esters is 2. The lowest BCUT2D eigenvalue weighted by molar-refractivity contribution is 0.0559. The topological polar surface area (TPSA) is 52.6 Å². The molecule has 106 valence electrons. The van der Waals surface area contributed by atoms with Gasteiger partial charge in [-0.1, -0.05) is 26.2 Å². The fraction of sp³-hybridized carbons (Fsp3) is 0.571. The average molecular weight is 284 g/mol. The lowest BCUT2D eigenvalue weighted by atomic mass is 10.0. The molecule has 1 aromatic heterocycles. The zero-order chi connectivity index (χ0) is 14.3. The average Bonchev–Trinajstić information content (AvgIpc) is 2.85. The first kappa shape index (κ1) is 15.7. The van der Waals surface area contributed by atoms with Crippen molar-refractivity contribution in [1.29, 1.82) is 0 Å². The Kier molecular flexibility index (Phi) is 6.56. The van der Waals surface area contributed by atoms with Gasteiger partial charge in [-0.15, -0.1) is 11.3 Å². The van der Waals surface area contributed by atoms with Crippen LogP contribution in [0.15, 0.2) is 5.38 Å². The van der Waals surface area contributed by atoms with Gasteiger partial charge in [0.05, 0.1) is 19.8 Å². The fourth-order valence-electron chi connectivity index (χ4n) is 1.89. The summed E-state index contributed by atoms with van der Waals surface area (Å²) in [4.78, 5) is 23.8. The summed E-state index contributed by atoms with van der Waals surface area (Å²) in [5, 5.41) is 1.85. The van der Waals surface area contributed by atoms with Gasteiger partial charge in [-0.25, -0.2) is 9.59 Å². The number of hydrogen-bond acceptors (Lipinski definition) is 5. The summed E-state index contributed by atoms with van der Waals surface area (Å²) >= 11 is 1.24. The first-order valence-corrected chi connectivity index (χ1v) is 7.30. The van der Waals surface area contributed by atoms with Gasteiger partial charge in [0, 0.05) is 0 Å². The molecular formula is C14H20O4S. The number of aryl methyl sites for hydroxylation is 1. The highest BCUT2D eigenvalue weighted by Crippen LogP contribution is 2.26. The fourth-order valence-corrected chi connectivity index (χ4v) is 2.90. The molecule has 0 atom stereocenters. The second-order valence-corrected chi connectivity index (χ2v) is 5.14. The summed E-state index contributed by atoms with van der Waals surface area (Å²) in [6, 6.07) is 0. The first-order valence-electron chi connectivity index (χ1n) is 6.42. The smallest absolute Gasteiger partial charge is 0.348 e. The van der Waals surface area contributed by atoms with Crippen LogP contribution in [0.3, 0.4) is 0 Å². The number of carbonyl (C=O) groups is 2. The Balaban J connectivity index is 2.88. The van der Waals surface area contributed by atoms with E-state index in [1.165, 1.54) is 38.4 Å². The highest BCUT2D eigenvalue weighted by Gasteiger charge is 2.24. The molecule has 0 aliphatic rings. The summed E-state index contributed by atoms with van der Waals surface area (Å²) in [6.07, 6.45) is 5.27. The molecule has 0 aromatic carbocycles. The van der Waals surface area contributed by atoms with Gasteiger partial charge in [-0.05, 0) is 23.8 Å². The van der Waals surface area contributed by atoms with Gasteiger partial charge in [-0.2, -0.15) is 0 Å². The highest BCUT2D eigenvalue weighted by molar-refractivity contribution is 7.12. The van der Waals surface area contributed by atoms with Gasteiger partial charge in [0.2, 0.25) is 0 Å².